The van der Waals surface area contributed by atoms with Gasteiger partial charge in [0.05, 0.1) is 12.0 Å². The fourth-order valence-corrected chi connectivity index (χ4v) is 2.00. The standard InChI is InChI=1S/C11H18N4O/c12-6-10-7-14(9-13-10)8-11(16)15-4-2-1-3-5-15/h7,9H,1-6,8,12H2. The van der Waals surface area contributed by atoms with Crippen molar-refractivity contribution in [3.05, 3.63) is 18.2 Å². The SMILES string of the molecule is NCc1cn(CC(=O)N2CCCCC2)cn1. The molecule has 0 aliphatic carbocycles. The van der Waals surface area contributed by atoms with Gasteiger partial charge in [0, 0.05) is 25.8 Å². The minimum Gasteiger partial charge on any atom is -0.341 e. The molecule has 0 aromatic carbocycles. The van der Waals surface area contributed by atoms with E-state index in [4.69, 9.17) is 5.73 Å². The maximum Gasteiger partial charge on any atom is 0.242 e. The average molecular weight is 222 g/mol. The van der Waals surface area contributed by atoms with Gasteiger partial charge >= 0.3 is 0 Å². The van der Waals surface area contributed by atoms with Crippen molar-refractivity contribution < 1.29 is 4.79 Å². The fraction of sp³-hybridized carbons (Fsp3) is 0.636. The van der Waals surface area contributed by atoms with E-state index in [0.29, 0.717) is 13.1 Å². The molecule has 0 atom stereocenters. The number of amides is 1. The molecule has 1 fully saturated rings. The van der Waals surface area contributed by atoms with Crippen LogP contribution in [-0.2, 0) is 17.9 Å². The molecule has 0 saturated carbocycles. The lowest BCUT2D eigenvalue weighted by Crippen LogP contribution is -2.37. The van der Waals surface area contributed by atoms with E-state index in [1.165, 1.54) is 6.42 Å². The Bertz CT molecular complexity index is 355. The quantitative estimate of drug-likeness (QED) is 0.802. The van der Waals surface area contributed by atoms with E-state index in [2.05, 4.69) is 4.98 Å². The molecule has 1 saturated heterocycles. The Balaban J connectivity index is 1.90. The number of carbonyl (C=O) groups is 1. The van der Waals surface area contributed by atoms with Gasteiger partial charge in [-0.15, -0.1) is 0 Å². The zero-order valence-electron chi connectivity index (χ0n) is 9.43. The maximum atomic E-state index is 11.9. The summed E-state index contributed by atoms with van der Waals surface area (Å²) in [6.45, 7) is 2.60. The van der Waals surface area contributed by atoms with Crippen LogP contribution >= 0.6 is 0 Å². The number of hydrogen-bond donors (Lipinski definition) is 1. The molecule has 5 nitrogen and oxygen atoms in total. The zero-order valence-corrected chi connectivity index (χ0v) is 9.43. The largest absolute Gasteiger partial charge is 0.341 e. The Kier molecular flexibility index (Phi) is 3.56. The monoisotopic (exact) mass is 222 g/mol. The number of aromatic nitrogens is 2. The molecule has 2 N–H and O–H groups in total. The van der Waals surface area contributed by atoms with Gasteiger partial charge in [-0.2, -0.15) is 0 Å². The van der Waals surface area contributed by atoms with E-state index in [1.54, 1.807) is 10.9 Å². The molecular formula is C11H18N4O. The molecular weight excluding hydrogens is 204 g/mol. The highest BCUT2D eigenvalue weighted by Gasteiger charge is 2.16. The van der Waals surface area contributed by atoms with Crippen molar-refractivity contribution in [2.24, 2.45) is 5.73 Å². The van der Waals surface area contributed by atoms with Crippen LogP contribution in [-0.4, -0.2) is 33.4 Å². The highest BCUT2D eigenvalue weighted by atomic mass is 16.2. The van der Waals surface area contributed by atoms with Crippen LogP contribution in [0.2, 0.25) is 0 Å². The van der Waals surface area contributed by atoms with Crippen LogP contribution in [0.5, 0.6) is 0 Å². The van der Waals surface area contributed by atoms with Gasteiger partial charge in [-0.3, -0.25) is 4.79 Å². The first-order valence-electron chi connectivity index (χ1n) is 5.78. The number of imidazole rings is 1. The predicted molar refractivity (Wildman–Crippen MR) is 60.5 cm³/mol. The lowest BCUT2D eigenvalue weighted by atomic mass is 10.1. The fourth-order valence-electron chi connectivity index (χ4n) is 2.00. The molecule has 0 bridgehead atoms. The van der Waals surface area contributed by atoms with Crippen LogP contribution in [0, 0.1) is 0 Å². The molecule has 1 aromatic heterocycles. The molecule has 1 aromatic rings. The van der Waals surface area contributed by atoms with Gasteiger partial charge in [0.25, 0.3) is 0 Å². The van der Waals surface area contributed by atoms with Crippen LogP contribution in [0.3, 0.4) is 0 Å². The molecule has 2 heterocycles. The topological polar surface area (TPSA) is 64.2 Å². The number of nitrogens with zero attached hydrogens (tertiary/aromatic N) is 3. The second-order valence-electron chi connectivity index (χ2n) is 4.18. The van der Waals surface area contributed by atoms with Crippen molar-refractivity contribution >= 4 is 5.91 Å². The van der Waals surface area contributed by atoms with E-state index in [0.717, 1.165) is 31.6 Å². The number of likely N-dealkylation sites (tertiary alicyclic amines) is 1. The van der Waals surface area contributed by atoms with E-state index >= 15 is 0 Å². The Labute approximate surface area is 95.2 Å². The normalized spacial score (nSPS) is 16.4. The van der Waals surface area contributed by atoms with Crippen molar-refractivity contribution in [3.63, 3.8) is 0 Å². The Morgan fingerprint density at radius 2 is 2.12 bits per heavy atom. The molecule has 16 heavy (non-hydrogen) atoms. The summed E-state index contributed by atoms with van der Waals surface area (Å²) in [7, 11) is 0. The van der Waals surface area contributed by atoms with Crippen molar-refractivity contribution in [3.8, 4) is 0 Å². The first-order chi connectivity index (χ1) is 7.79. The second-order valence-corrected chi connectivity index (χ2v) is 4.18. The minimum atomic E-state index is 0.181. The Morgan fingerprint density at radius 3 is 2.75 bits per heavy atom. The molecule has 1 amide bonds. The van der Waals surface area contributed by atoms with Crippen molar-refractivity contribution in [2.45, 2.75) is 32.4 Å². The van der Waals surface area contributed by atoms with E-state index in [1.807, 2.05) is 11.1 Å². The lowest BCUT2D eigenvalue weighted by Gasteiger charge is -2.26. The molecule has 88 valence electrons. The van der Waals surface area contributed by atoms with Crippen LogP contribution in [0.25, 0.3) is 0 Å². The average Bonchev–Trinajstić information content (AvgIpc) is 2.78. The van der Waals surface area contributed by atoms with Gasteiger partial charge in [0.15, 0.2) is 0 Å². The minimum absolute atomic E-state index is 0.181. The summed E-state index contributed by atoms with van der Waals surface area (Å²) in [6, 6.07) is 0. The first-order valence-corrected chi connectivity index (χ1v) is 5.78. The number of hydrogen-bond acceptors (Lipinski definition) is 3. The van der Waals surface area contributed by atoms with Gasteiger partial charge in [-0.05, 0) is 19.3 Å². The molecule has 5 heteroatoms. The van der Waals surface area contributed by atoms with E-state index in [9.17, 15) is 4.79 Å². The summed E-state index contributed by atoms with van der Waals surface area (Å²) in [5.41, 5.74) is 6.29. The molecule has 0 unspecified atom stereocenters. The molecule has 1 aliphatic heterocycles. The van der Waals surface area contributed by atoms with Crippen molar-refractivity contribution in [1.29, 1.82) is 0 Å². The van der Waals surface area contributed by atoms with Crippen molar-refractivity contribution in [2.75, 3.05) is 13.1 Å². The third-order valence-electron chi connectivity index (χ3n) is 2.92. The van der Waals surface area contributed by atoms with Crippen LogP contribution in [0.15, 0.2) is 12.5 Å². The predicted octanol–water partition coefficient (Wildman–Crippen LogP) is 0.354. The molecule has 1 aliphatic rings. The van der Waals surface area contributed by atoms with Gasteiger partial charge in [-0.1, -0.05) is 0 Å². The highest BCUT2D eigenvalue weighted by Crippen LogP contribution is 2.09. The van der Waals surface area contributed by atoms with Crippen LogP contribution < -0.4 is 5.73 Å². The summed E-state index contributed by atoms with van der Waals surface area (Å²) < 4.78 is 1.80. The van der Waals surface area contributed by atoms with E-state index < -0.39 is 0 Å². The lowest BCUT2D eigenvalue weighted by molar-refractivity contribution is -0.132. The summed E-state index contributed by atoms with van der Waals surface area (Å²) in [5.74, 6) is 0.181. The number of rotatable bonds is 3. The smallest absolute Gasteiger partial charge is 0.242 e. The van der Waals surface area contributed by atoms with Gasteiger partial charge in [0.1, 0.15) is 6.54 Å². The van der Waals surface area contributed by atoms with Gasteiger partial charge in [-0.25, -0.2) is 4.98 Å². The number of carbonyl (C=O) groups excluding carboxylic acids is 1. The number of nitrogens with two attached hydrogens (primary N) is 1. The molecule has 2 rings (SSSR count). The molecule has 0 radical (unpaired) electrons. The highest BCUT2D eigenvalue weighted by molar-refractivity contribution is 5.76. The van der Waals surface area contributed by atoms with Crippen LogP contribution in [0.1, 0.15) is 25.0 Å². The van der Waals surface area contributed by atoms with Crippen molar-refractivity contribution in [1.82, 2.24) is 14.5 Å². The summed E-state index contributed by atoms with van der Waals surface area (Å²) in [4.78, 5) is 17.9. The summed E-state index contributed by atoms with van der Waals surface area (Å²) in [5, 5.41) is 0. The maximum absolute atomic E-state index is 11.9. The second kappa shape index (κ2) is 5.12. The Morgan fingerprint density at radius 1 is 1.38 bits per heavy atom. The Hall–Kier alpha value is -1.36. The van der Waals surface area contributed by atoms with Crippen LogP contribution in [0.4, 0.5) is 0 Å². The summed E-state index contributed by atoms with van der Waals surface area (Å²) in [6.07, 6.45) is 7.01. The van der Waals surface area contributed by atoms with Gasteiger partial charge in [0.2, 0.25) is 5.91 Å². The first kappa shape index (κ1) is 11.1. The third kappa shape index (κ3) is 2.61. The summed E-state index contributed by atoms with van der Waals surface area (Å²) >= 11 is 0. The zero-order chi connectivity index (χ0) is 11.4. The van der Waals surface area contributed by atoms with Gasteiger partial charge < -0.3 is 15.2 Å². The molecule has 0 spiro atoms. The van der Waals surface area contributed by atoms with E-state index in [-0.39, 0.29) is 5.91 Å². The third-order valence-corrected chi connectivity index (χ3v) is 2.92. The number of piperidine rings is 1.